The van der Waals surface area contributed by atoms with Gasteiger partial charge in [0.15, 0.2) is 0 Å². The van der Waals surface area contributed by atoms with Crippen molar-refractivity contribution < 1.29 is 4.79 Å². The van der Waals surface area contributed by atoms with Crippen LogP contribution >= 0.6 is 0 Å². The molecule has 1 atom stereocenters. The standard InChI is InChI=1S/C20H32N2O/c1-5-10-18(22-11-8-6-7-9-12-22)20(23)21-19-16(3)13-15(2)14-17(19)4/h13-14,18H,5-12H2,1-4H3,(H,21,23). The van der Waals surface area contributed by atoms with E-state index in [-0.39, 0.29) is 11.9 Å². The van der Waals surface area contributed by atoms with Crippen LogP contribution in [-0.2, 0) is 4.79 Å². The van der Waals surface area contributed by atoms with Crippen molar-refractivity contribution in [2.75, 3.05) is 18.4 Å². The van der Waals surface area contributed by atoms with Crippen LogP contribution in [0.3, 0.4) is 0 Å². The lowest BCUT2D eigenvalue weighted by atomic mass is 10.0. The van der Waals surface area contributed by atoms with Crippen LogP contribution in [0, 0.1) is 20.8 Å². The summed E-state index contributed by atoms with van der Waals surface area (Å²) in [5.41, 5.74) is 4.55. The Morgan fingerprint density at radius 2 is 1.65 bits per heavy atom. The maximum Gasteiger partial charge on any atom is 0.241 e. The average molecular weight is 316 g/mol. The van der Waals surface area contributed by atoms with Crippen LogP contribution in [-0.4, -0.2) is 29.9 Å². The predicted molar refractivity (Wildman–Crippen MR) is 98.0 cm³/mol. The number of carbonyl (C=O) groups is 1. The van der Waals surface area contributed by atoms with Gasteiger partial charge < -0.3 is 5.32 Å². The Morgan fingerprint density at radius 3 is 2.17 bits per heavy atom. The zero-order valence-corrected chi connectivity index (χ0v) is 15.2. The van der Waals surface area contributed by atoms with Gasteiger partial charge in [-0.25, -0.2) is 0 Å². The Labute approximate surface area is 141 Å². The molecule has 3 nitrogen and oxygen atoms in total. The molecule has 1 amide bonds. The molecule has 0 radical (unpaired) electrons. The lowest BCUT2D eigenvalue weighted by molar-refractivity contribution is -0.121. The molecule has 1 N–H and O–H groups in total. The summed E-state index contributed by atoms with van der Waals surface area (Å²) in [5.74, 6) is 0.170. The molecule has 3 heteroatoms. The highest BCUT2D eigenvalue weighted by Gasteiger charge is 2.26. The first kappa shape index (κ1) is 18.0. The largest absolute Gasteiger partial charge is 0.324 e. The summed E-state index contributed by atoms with van der Waals surface area (Å²) in [6.07, 6.45) is 7.02. The molecule has 0 bridgehead atoms. The van der Waals surface area contributed by atoms with Crippen molar-refractivity contribution in [1.82, 2.24) is 4.90 Å². The zero-order chi connectivity index (χ0) is 16.8. The van der Waals surface area contributed by atoms with Gasteiger partial charge in [-0.1, -0.05) is 43.9 Å². The van der Waals surface area contributed by atoms with Crippen LogP contribution in [0.4, 0.5) is 5.69 Å². The molecule has 2 rings (SSSR count). The molecule has 0 saturated carbocycles. The fraction of sp³-hybridized carbons (Fsp3) is 0.650. The Balaban J connectivity index is 2.14. The number of hydrogen-bond acceptors (Lipinski definition) is 2. The van der Waals surface area contributed by atoms with Gasteiger partial charge in [0.05, 0.1) is 6.04 Å². The van der Waals surface area contributed by atoms with Crippen molar-refractivity contribution in [2.45, 2.75) is 72.3 Å². The van der Waals surface area contributed by atoms with E-state index < -0.39 is 0 Å². The maximum absolute atomic E-state index is 13.0. The van der Waals surface area contributed by atoms with E-state index in [1.807, 2.05) is 0 Å². The fourth-order valence-corrected chi connectivity index (χ4v) is 3.74. The van der Waals surface area contributed by atoms with Gasteiger partial charge in [-0.15, -0.1) is 0 Å². The van der Waals surface area contributed by atoms with Crippen LogP contribution in [0.5, 0.6) is 0 Å². The minimum absolute atomic E-state index is 0.0122. The molecule has 128 valence electrons. The number of nitrogens with one attached hydrogen (secondary N) is 1. The molecule has 0 aliphatic carbocycles. The number of nitrogens with zero attached hydrogens (tertiary/aromatic N) is 1. The first-order chi connectivity index (χ1) is 11.0. The summed E-state index contributed by atoms with van der Waals surface area (Å²) in [5, 5.41) is 3.23. The first-order valence-electron chi connectivity index (χ1n) is 9.15. The van der Waals surface area contributed by atoms with Crippen LogP contribution < -0.4 is 5.32 Å². The van der Waals surface area contributed by atoms with Crippen molar-refractivity contribution in [3.05, 3.63) is 28.8 Å². The number of amides is 1. The molecule has 1 fully saturated rings. The quantitative estimate of drug-likeness (QED) is 0.861. The molecule has 1 aliphatic heterocycles. The summed E-state index contributed by atoms with van der Waals surface area (Å²) in [6, 6.07) is 4.30. The summed E-state index contributed by atoms with van der Waals surface area (Å²) >= 11 is 0. The number of anilines is 1. The molecule has 1 aromatic rings. The molecule has 1 unspecified atom stereocenters. The Hall–Kier alpha value is -1.35. The van der Waals surface area contributed by atoms with E-state index in [2.05, 4.69) is 50.0 Å². The summed E-state index contributed by atoms with van der Waals surface area (Å²) in [4.78, 5) is 15.4. The van der Waals surface area contributed by atoms with Gasteiger partial charge in [-0.2, -0.15) is 0 Å². The van der Waals surface area contributed by atoms with Crippen molar-refractivity contribution >= 4 is 11.6 Å². The maximum atomic E-state index is 13.0. The van der Waals surface area contributed by atoms with Crippen molar-refractivity contribution in [3.8, 4) is 0 Å². The van der Waals surface area contributed by atoms with Crippen molar-refractivity contribution in [1.29, 1.82) is 0 Å². The van der Waals surface area contributed by atoms with E-state index in [4.69, 9.17) is 0 Å². The summed E-state index contributed by atoms with van der Waals surface area (Å²) in [6.45, 7) is 10.5. The Kier molecular flexibility index (Phi) is 6.64. The molecule has 1 aliphatic rings. The third-order valence-electron chi connectivity index (χ3n) is 4.87. The van der Waals surface area contributed by atoms with Gasteiger partial charge in [-0.05, 0) is 64.3 Å². The predicted octanol–water partition coefficient (Wildman–Crippen LogP) is 4.60. The van der Waals surface area contributed by atoms with Crippen LogP contribution in [0.25, 0.3) is 0 Å². The van der Waals surface area contributed by atoms with Crippen LogP contribution in [0.2, 0.25) is 0 Å². The zero-order valence-electron chi connectivity index (χ0n) is 15.2. The third-order valence-corrected chi connectivity index (χ3v) is 4.87. The second-order valence-electron chi connectivity index (χ2n) is 7.02. The lowest BCUT2D eigenvalue weighted by Gasteiger charge is -2.30. The van der Waals surface area contributed by atoms with Crippen LogP contribution in [0.15, 0.2) is 12.1 Å². The lowest BCUT2D eigenvalue weighted by Crippen LogP contribution is -2.44. The van der Waals surface area contributed by atoms with Gasteiger partial charge >= 0.3 is 0 Å². The van der Waals surface area contributed by atoms with E-state index >= 15 is 0 Å². The Morgan fingerprint density at radius 1 is 1.09 bits per heavy atom. The monoisotopic (exact) mass is 316 g/mol. The van der Waals surface area contributed by atoms with Gasteiger partial charge in [0.2, 0.25) is 5.91 Å². The van der Waals surface area contributed by atoms with Gasteiger partial charge in [0.1, 0.15) is 0 Å². The van der Waals surface area contributed by atoms with Gasteiger partial charge in [0, 0.05) is 5.69 Å². The average Bonchev–Trinajstić information content (AvgIpc) is 2.77. The highest BCUT2D eigenvalue weighted by molar-refractivity contribution is 5.96. The second-order valence-corrected chi connectivity index (χ2v) is 7.02. The SMILES string of the molecule is CCCC(C(=O)Nc1c(C)cc(C)cc1C)N1CCCCCC1. The third kappa shape index (κ3) is 4.81. The Bertz CT molecular complexity index is 507. The number of likely N-dealkylation sites (tertiary alicyclic amines) is 1. The van der Waals surface area contributed by atoms with E-state index in [9.17, 15) is 4.79 Å². The minimum atomic E-state index is 0.0122. The fourth-order valence-electron chi connectivity index (χ4n) is 3.74. The van der Waals surface area contributed by atoms with Crippen molar-refractivity contribution in [2.24, 2.45) is 0 Å². The van der Waals surface area contributed by atoms with Crippen LogP contribution in [0.1, 0.15) is 62.1 Å². The number of hydrogen-bond donors (Lipinski definition) is 1. The van der Waals surface area contributed by atoms with E-state index in [1.165, 1.54) is 31.2 Å². The highest BCUT2D eigenvalue weighted by atomic mass is 16.2. The smallest absolute Gasteiger partial charge is 0.241 e. The summed E-state index contributed by atoms with van der Waals surface area (Å²) < 4.78 is 0. The van der Waals surface area contributed by atoms with Gasteiger partial charge in [-0.3, -0.25) is 9.69 Å². The first-order valence-corrected chi connectivity index (χ1v) is 9.15. The molecule has 1 aromatic carbocycles. The molecule has 0 spiro atoms. The van der Waals surface area contributed by atoms with E-state index in [1.54, 1.807) is 0 Å². The van der Waals surface area contributed by atoms with Crippen molar-refractivity contribution in [3.63, 3.8) is 0 Å². The van der Waals surface area contributed by atoms with E-state index in [0.717, 1.165) is 42.7 Å². The number of benzene rings is 1. The minimum Gasteiger partial charge on any atom is -0.324 e. The molecule has 23 heavy (non-hydrogen) atoms. The normalized spacial score (nSPS) is 17.6. The molecular formula is C20H32N2O. The van der Waals surface area contributed by atoms with E-state index in [0.29, 0.717) is 0 Å². The molecular weight excluding hydrogens is 284 g/mol. The topological polar surface area (TPSA) is 32.3 Å². The van der Waals surface area contributed by atoms with Gasteiger partial charge in [0.25, 0.3) is 0 Å². The molecule has 0 aromatic heterocycles. The summed E-state index contributed by atoms with van der Waals surface area (Å²) in [7, 11) is 0. The number of rotatable bonds is 5. The molecule has 1 heterocycles. The highest BCUT2D eigenvalue weighted by Crippen LogP contribution is 2.23. The number of carbonyl (C=O) groups excluding carboxylic acids is 1. The number of aryl methyl sites for hydroxylation is 3. The second kappa shape index (κ2) is 8.49. The molecule has 1 saturated heterocycles.